The molecule has 1 aliphatic heterocycles. The van der Waals surface area contributed by atoms with Crippen molar-refractivity contribution in [2.75, 3.05) is 39.0 Å². The van der Waals surface area contributed by atoms with Crippen LogP contribution in [0, 0.1) is 5.82 Å². The van der Waals surface area contributed by atoms with E-state index in [0.29, 0.717) is 37.2 Å². The molecular weight excluding hydrogens is 471 g/mol. The number of hydrogen-bond acceptors (Lipinski definition) is 5. The fraction of sp³-hybridized carbons (Fsp3) is 0.364. The van der Waals surface area contributed by atoms with Gasteiger partial charge in [-0.3, -0.25) is 14.5 Å². The van der Waals surface area contributed by atoms with Gasteiger partial charge >= 0.3 is 0 Å². The van der Waals surface area contributed by atoms with Crippen molar-refractivity contribution in [1.29, 1.82) is 0 Å². The highest BCUT2D eigenvalue weighted by Crippen LogP contribution is 2.27. The fourth-order valence-electron chi connectivity index (χ4n) is 3.48. The van der Waals surface area contributed by atoms with Crippen molar-refractivity contribution in [2.24, 2.45) is 0 Å². The molecule has 0 radical (unpaired) electrons. The number of rotatable bonds is 7. The number of sulfonamides is 1. The number of benzene rings is 2. The molecule has 1 fully saturated rings. The number of nitrogens with zero attached hydrogens (tertiary/aromatic N) is 2. The Bertz CT molecular complexity index is 1120. The maximum Gasteiger partial charge on any atom is 0.251 e. The number of piperidine rings is 1. The number of carbonyl (C=O) groups excluding carboxylic acids is 2. The van der Waals surface area contributed by atoms with Gasteiger partial charge in [-0.15, -0.1) is 0 Å². The normalized spacial score (nSPS) is 15.4. The Balaban J connectivity index is 1.50. The van der Waals surface area contributed by atoms with Crippen molar-refractivity contribution in [3.8, 4) is 0 Å². The lowest BCUT2D eigenvalue weighted by molar-refractivity contribution is -0.117. The SMILES string of the molecule is CN(C)S(=O)(=O)c1cc(NC(=O)CN2CCC(NC(=O)c3ccc(F)cc3)CC2)ccc1Cl. The van der Waals surface area contributed by atoms with Crippen molar-refractivity contribution in [3.63, 3.8) is 0 Å². The summed E-state index contributed by atoms with van der Waals surface area (Å²) in [6.07, 6.45) is 1.35. The number of anilines is 1. The van der Waals surface area contributed by atoms with Gasteiger partial charge in [0.25, 0.3) is 5.91 Å². The summed E-state index contributed by atoms with van der Waals surface area (Å²) in [5.74, 6) is -0.927. The minimum Gasteiger partial charge on any atom is -0.349 e. The molecule has 1 aliphatic rings. The van der Waals surface area contributed by atoms with Gasteiger partial charge in [0, 0.05) is 44.5 Å². The minimum absolute atomic E-state index is 0.0306. The second-order valence-corrected chi connectivity index (χ2v) is 10.5. The van der Waals surface area contributed by atoms with Crippen LogP contribution >= 0.6 is 11.6 Å². The Morgan fingerprint density at radius 1 is 1.12 bits per heavy atom. The first-order chi connectivity index (χ1) is 15.6. The molecule has 2 N–H and O–H groups in total. The number of carbonyl (C=O) groups is 2. The van der Waals surface area contributed by atoms with Gasteiger partial charge in [0.05, 0.1) is 11.6 Å². The van der Waals surface area contributed by atoms with Crippen molar-refractivity contribution < 1.29 is 22.4 Å². The van der Waals surface area contributed by atoms with Gasteiger partial charge in [-0.1, -0.05) is 11.6 Å². The fourth-order valence-corrected chi connectivity index (χ4v) is 4.88. The van der Waals surface area contributed by atoms with Gasteiger partial charge in [-0.05, 0) is 55.3 Å². The molecule has 11 heteroatoms. The third-order valence-corrected chi connectivity index (χ3v) is 7.67. The topological polar surface area (TPSA) is 98.8 Å². The van der Waals surface area contributed by atoms with Crippen molar-refractivity contribution in [1.82, 2.24) is 14.5 Å². The van der Waals surface area contributed by atoms with Gasteiger partial charge in [-0.2, -0.15) is 0 Å². The molecule has 1 saturated heterocycles. The van der Waals surface area contributed by atoms with Crippen molar-refractivity contribution in [3.05, 3.63) is 58.9 Å². The first-order valence-corrected chi connectivity index (χ1v) is 12.2. The summed E-state index contributed by atoms with van der Waals surface area (Å²) >= 11 is 6.04. The smallest absolute Gasteiger partial charge is 0.251 e. The van der Waals surface area contributed by atoms with Crippen molar-refractivity contribution >= 4 is 39.1 Å². The van der Waals surface area contributed by atoms with E-state index in [-0.39, 0.29) is 34.3 Å². The predicted molar refractivity (Wildman–Crippen MR) is 124 cm³/mol. The van der Waals surface area contributed by atoms with E-state index in [0.717, 1.165) is 4.31 Å². The molecule has 3 rings (SSSR count). The number of nitrogens with one attached hydrogen (secondary N) is 2. The minimum atomic E-state index is -3.74. The maximum absolute atomic E-state index is 13.0. The average molecular weight is 497 g/mol. The quantitative estimate of drug-likeness (QED) is 0.614. The van der Waals surface area contributed by atoms with Gasteiger partial charge in [0.15, 0.2) is 0 Å². The van der Waals surface area contributed by atoms with E-state index in [1.54, 1.807) is 6.07 Å². The molecule has 2 amide bonds. The summed E-state index contributed by atoms with van der Waals surface area (Å²) < 4.78 is 38.9. The van der Waals surface area contributed by atoms with E-state index in [2.05, 4.69) is 10.6 Å². The largest absolute Gasteiger partial charge is 0.349 e. The van der Waals surface area contributed by atoms with Crippen LogP contribution in [0.4, 0.5) is 10.1 Å². The third-order valence-electron chi connectivity index (χ3n) is 5.37. The summed E-state index contributed by atoms with van der Waals surface area (Å²) in [4.78, 5) is 26.7. The summed E-state index contributed by atoms with van der Waals surface area (Å²) in [5.41, 5.74) is 0.739. The average Bonchev–Trinajstić information content (AvgIpc) is 2.76. The number of likely N-dealkylation sites (tertiary alicyclic amines) is 1. The maximum atomic E-state index is 13.0. The zero-order valence-corrected chi connectivity index (χ0v) is 19.9. The Labute approximate surface area is 197 Å². The zero-order chi connectivity index (χ0) is 24.2. The van der Waals surface area contributed by atoms with E-state index in [9.17, 15) is 22.4 Å². The first-order valence-electron chi connectivity index (χ1n) is 10.4. The predicted octanol–water partition coefficient (Wildman–Crippen LogP) is 2.56. The molecule has 0 spiro atoms. The molecule has 0 atom stereocenters. The molecule has 1 heterocycles. The second kappa shape index (κ2) is 10.6. The summed E-state index contributed by atoms with van der Waals surface area (Å²) in [6, 6.07) is 9.66. The highest BCUT2D eigenvalue weighted by molar-refractivity contribution is 7.89. The van der Waals surface area contributed by atoms with Gasteiger partial charge in [-0.25, -0.2) is 17.1 Å². The Hall–Kier alpha value is -2.53. The van der Waals surface area contributed by atoms with Crippen LogP contribution in [0.25, 0.3) is 0 Å². The zero-order valence-electron chi connectivity index (χ0n) is 18.3. The molecule has 0 unspecified atom stereocenters. The number of hydrogen-bond donors (Lipinski definition) is 2. The molecule has 0 aliphatic carbocycles. The summed E-state index contributed by atoms with van der Waals surface area (Å²) in [7, 11) is -0.934. The molecule has 8 nitrogen and oxygen atoms in total. The highest BCUT2D eigenvalue weighted by atomic mass is 35.5. The van der Waals surface area contributed by atoms with E-state index < -0.39 is 15.8 Å². The van der Waals surface area contributed by atoms with Gasteiger partial charge < -0.3 is 10.6 Å². The molecule has 178 valence electrons. The Kier molecular flexibility index (Phi) is 8.06. The van der Waals surface area contributed by atoms with Gasteiger partial charge in [0.1, 0.15) is 10.7 Å². The van der Waals surface area contributed by atoms with Crippen LogP contribution in [0.15, 0.2) is 47.4 Å². The third kappa shape index (κ3) is 6.50. The van der Waals surface area contributed by atoms with E-state index >= 15 is 0 Å². The second-order valence-electron chi connectivity index (χ2n) is 8.01. The lowest BCUT2D eigenvalue weighted by Gasteiger charge is -2.31. The van der Waals surface area contributed by atoms with Crippen LogP contribution in [0.2, 0.25) is 5.02 Å². The molecule has 33 heavy (non-hydrogen) atoms. The van der Waals surface area contributed by atoms with Crippen LogP contribution in [-0.4, -0.2) is 69.2 Å². The lowest BCUT2D eigenvalue weighted by Crippen LogP contribution is -2.46. The van der Waals surface area contributed by atoms with Crippen LogP contribution in [0.3, 0.4) is 0 Å². The molecule has 2 aromatic rings. The van der Waals surface area contributed by atoms with E-state index in [1.807, 2.05) is 4.90 Å². The summed E-state index contributed by atoms with van der Waals surface area (Å²) in [5, 5.41) is 5.73. The number of amides is 2. The van der Waals surface area contributed by atoms with E-state index in [4.69, 9.17) is 11.6 Å². The van der Waals surface area contributed by atoms with Crippen LogP contribution < -0.4 is 10.6 Å². The molecule has 0 bridgehead atoms. The molecular formula is C22H26ClFN4O4S. The standard InChI is InChI=1S/C22H26ClFN4O4S/c1-27(2)33(31,32)20-13-18(7-8-19(20)23)25-21(29)14-28-11-9-17(10-12-28)26-22(30)15-3-5-16(24)6-4-15/h3-8,13,17H,9-12,14H2,1-2H3,(H,25,29)(H,26,30). The van der Waals surface area contributed by atoms with Crippen LogP contribution in [0.5, 0.6) is 0 Å². The molecule has 0 saturated carbocycles. The van der Waals surface area contributed by atoms with Crippen LogP contribution in [0.1, 0.15) is 23.2 Å². The number of halogens is 2. The Morgan fingerprint density at radius 3 is 2.36 bits per heavy atom. The van der Waals surface area contributed by atoms with Gasteiger partial charge in [0.2, 0.25) is 15.9 Å². The Morgan fingerprint density at radius 2 is 1.76 bits per heavy atom. The van der Waals surface area contributed by atoms with E-state index in [1.165, 1.54) is 50.5 Å². The highest BCUT2D eigenvalue weighted by Gasteiger charge is 2.24. The molecule has 0 aromatic heterocycles. The first kappa shape index (κ1) is 25.1. The van der Waals surface area contributed by atoms with Crippen molar-refractivity contribution in [2.45, 2.75) is 23.8 Å². The van der Waals surface area contributed by atoms with Crippen LogP contribution in [-0.2, 0) is 14.8 Å². The lowest BCUT2D eigenvalue weighted by atomic mass is 10.0. The monoisotopic (exact) mass is 496 g/mol. The molecule has 2 aromatic carbocycles. The summed E-state index contributed by atoms with van der Waals surface area (Å²) in [6.45, 7) is 1.36.